The van der Waals surface area contributed by atoms with E-state index in [9.17, 15) is 9.59 Å². The number of aliphatic carboxylic acids is 1. The number of carboxylic acid groups (broad SMARTS) is 1. The van der Waals surface area contributed by atoms with Gasteiger partial charge >= 0.3 is 12.0 Å². The van der Waals surface area contributed by atoms with E-state index >= 15 is 0 Å². The number of carboxylic acids is 1. The van der Waals surface area contributed by atoms with Crippen LogP contribution in [0.4, 0.5) is 4.79 Å². The number of aliphatic hydroxyl groups is 1. The minimum absolute atomic E-state index is 0.00675. The molecule has 1 unspecified atom stereocenters. The highest BCUT2D eigenvalue weighted by Gasteiger charge is 2.30. The molecule has 0 radical (unpaired) electrons. The average molecular weight is 286 g/mol. The molecule has 1 rings (SSSR count). The van der Waals surface area contributed by atoms with Crippen molar-refractivity contribution in [2.45, 2.75) is 58.0 Å². The monoisotopic (exact) mass is 286 g/mol. The zero-order chi connectivity index (χ0) is 15.1. The predicted octanol–water partition coefficient (Wildman–Crippen LogP) is 1.53. The Bertz CT molecular complexity index is 333. The van der Waals surface area contributed by atoms with E-state index in [2.05, 4.69) is 0 Å². The zero-order valence-electron chi connectivity index (χ0n) is 12.4. The quantitative estimate of drug-likeness (QED) is 0.776. The largest absolute Gasteiger partial charge is 0.481 e. The van der Waals surface area contributed by atoms with Crippen LogP contribution in [0.25, 0.3) is 0 Å². The van der Waals surface area contributed by atoms with Crippen LogP contribution in [0.3, 0.4) is 0 Å². The van der Waals surface area contributed by atoms with Crippen molar-refractivity contribution in [2.75, 3.05) is 19.7 Å². The van der Waals surface area contributed by atoms with Gasteiger partial charge in [-0.25, -0.2) is 4.79 Å². The van der Waals surface area contributed by atoms with Crippen LogP contribution >= 0.6 is 0 Å². The Hall–Kier alpha value is -1.30. The Morgan fingerprint density at radius 1 is 1.35 bits per heavy atom. The Morgan fingerprint density at radius 3 is 2.60 bits per heavy atom. The molecule has 2 amide bonds. The summed E-state index contributed by atoms with van der Waals surface area (Å²) in [5.41, 5.74) is 0. The molecule has 116 valence electrons. The summed E-state index contributed by atoms with van der Waals surface area (Å²) < 4.78 is 0. The van der Waals surface area contributed by atoms with E-state index in [1.165, 1.54) is 0 Å². The minimum atomic E-state index is -0.820. The summed E-state index contributed by atoms with van der Waals surface area (Å²) in [6, 6.07) is -0.0480. The Labute approximate surface area is 120 Å². The van der Waals surface area contributed by atoms with Gasteiger partial charge in [0.15, 0.2) is 0 Å². The summed E-state index contributed by atoms with van der Waals surface area (Å²) in [6.45, 7) is 4.78. The first-order valence-corrected chi connectivity index (χ1v) is 7.37. The molecule has 1 aliphatic rings. The van der Waals surface area contributed by atoms with E-state index in [1.807, 2.05) is 13.8 Å². The van der Waals surface area contributed by atoms with Crippen LogP contribution in [0.2, 0.25) is 0 Å². The molecule has 1 heterocycles. The highest BCUT2D eigenvalue weighted by molar-refractivity contribution is 5.75. The van der Waals surface area contributed by atoms with Crippen molar-refractivity contribution in [1.82, 2.24) is 9.80 Å². The number of likely N-dealkylation sites (tertiary alicyclic amines) is 1. The van der Waals surface area contributed by atoms with Crippen LogP contribution in [0.15, 0.2) is 0 Å². The zero-order valence-corrected chi connectivity index (χ0v) is 12.4. The van der Waals surface area contributed by atoms with Gasteiger partial charge in [0.05, 0.1) is 6.61 Å². The van der Waals surface area contributed by atoms with E-state index in [0.29, 0.717) is 19.5 Å². The van der Waals surface area contributed by atoms with Crippen molar-refractivity contribution in [3.8, 4) is 0 Å². The summed E-state index contributed by atoms with van der Waals surface area (Å²) in [5.74, 6) is -0.820. The number of urea groups is 1. The lowest BCUT2D eigenvalue weighted by molar-refractivity contribution is -0.137. The molecule has 0 aromatic rings. The van der Waals surface area contributed by atoms with Gasteiger partial charge in [-0.05, 0) is 39.5 Å². The van der Waals surface area contributed by atoms with Gasteiger partial charge in [-0.1, -0.05) is 0 Å². The minimum Gasteiger partial charge on any atom is -0.481 e. The van der Waals surface area contributed by atoms with Gasteiger partial charge in [0.25, 0.3) is 0 Å². The van der Waals surface area contributed by atoms with Crippen LogP contribution in [-0.4, -0.2) is 63.8 Å². The lowest BCUT2D eigenvalue weighted by Gasteiger charge is -2.40. The second-order valence-corrected chi connectivity index (χ2v) is 5.57. The molecule has 6 nitrogen and oxygen atoms in total. The van der Waals surface area contributed by atoms with Gasteiger partial charge in [0.2, 0.25) is 0 Å². The standard InChI is InChI=1S/C14H26N2O4/c1-11(2)15(9-10-17)14(20)16-8-4-3-5-12(16)6-7-13(18)19/h11-12,17H,3-10H2,1-2H3,(H,18,19). The number of carbonyl (C=O) groups is 2. The van der Waals surface area contributed by atoms with Gasteiger partial charge in [0, 0.05) is 31.6 Å². The van der Waals surface area contributed by atoms with Crippen molar-refractivity contribution in [3.63, 3.8) is 0 Å². The maximum absolute atomic E-state index is 12.6. The molecule has 1 saturated heterocycles. The maximum Gasteiger partial charge on any atom is 0.320 e. The summed E-state index contributed by atoms with van der Waals surface area (Å²) in [5, 5.41) is 17.9. The molecule has 1 atom stereocenters. The molecule has 1 aliphatic heterocycles. The van der Waals surface area contributed by atoms with Crippen molar-refractivity contribution < 1.29 is 19.8 Å². The molecule has 0 saturated carbocycles. The van der Waals surface area contributed by atoms with Crippen molar-refractivity contribution in [2.24, 2.45) is 0 Å². The fourth-order valence-electron chi connectivity index (χ4n) is 2.69. The van der Waals surface area contributed by atoms with Gasteiger partial charge in [0.1, 0.15) is 0 Å². The third-order valence-electron chi connectivity index (χ3n) is 3.77. The molecule has 0 aliphatic carbocycles. The van der Waals surface area contributed by atoms with E-state index in [0.717, 1.165) is 19.3 Å². The smallest absolute Gasteiger partial charge is 0.320 e. The van der Waals surface area contributed by atoms with E-state index in [4.69, 9.17) is 10.2 Å². The number of piperidine rings is 1. The second kappa shape index (κ2) is 8.09. The normalized spacial score (nSPS) is 19.2. The lowest BCUT2D eigenvalue weighted by atomic mass is 9.98. The van der Waals surface area contributed by atoms with E-state index < -0.39 is 5.97 Å². The fourth-order valence-corrected chi connectivity index (χ4v) is 2.69. The highest BCUT2D eigenvalue weighted by atomic mass is 16.4. The number of hydrogen-bond donors (Lipinski definition) is 2. The van der Waals surface area contributed by atoms with Crippen LogP contribution < -0.4 is 0 Å². The Balaban J connectivity index is 2.71. The van der Waals surface area contributed by atoms with Gasteiger partial charge in [-0.3, -0.25) is 4.79 Å². The number of amides is 2. The molecule has 0 aromatic heterocycles. The molecule has 20 heavy (non-hydrogen) atoms. The third-order valence-corrected chi connectivity index (χ3v) is 3.77. The van der Waals surface area contributed by atoms with Crippen LogP contribution in [0.1, 0.15) is 46.0 Å². The molecule has 6 heteroatoms. The number of nitrogens with zero attached hydrogens (tertiary/aromatic N) is 2. The molecule has 0 aromatic carbocycles. The van der Waals surface area contributed by atoms with Gasteiger partial charge in [-0.2, -0.15) is 0 Å². The summed E-state index contributed by atoms with van der Waals surface area (Å²) in [6.07, 6.45) is 3.46. The molecular formula is C14H26N2O4. The number of aliphatic hydroxyl groups excluding tert-OH is 1. The predicted molar refractivity (Wildman–Crippen MR) is 75.5 cm³/mol. The number of carbonyl (C=O) groups excluding carboxylic acids is 1. The van der Waals surface area contributed by atoms with E-state index in [-0.39, 0.29) is 31.1 Å². The van der Waals surface area contributed by atoms with E-state index in [1.54, 1.807) is 9.80 Å². The first-order chi connectivity index (χ1) is 9.47. The van der Waals surface area contributed by atoms with Gasteiger partial charge < -0.3 is 20.0 Å². The highest BCUT2D eigenvalue weighted by Crippen LogP contribution is 2.23. The Kier molecular flexibility index (Phi) is 6.78. The van der Waals surface area contributed by atoms with Crippen LogP contribution in [-0.2, 0) is 4.79 Å². The first-order valence-electron chi connectivity index (χ1n) is 7.37. The number of rotatable bonds is 6. The summed E-state index contributed by atoms with van der Waals surface area (Å²) >= 11 is 0. The second-order valence-electron chi connectivity index (χ2n) is 5.57. The maximum atomic E-state index is 12.6. The van der Waals surface area contributed by atoms with Crippen LogP contribution in [0.5, 0.6) is 0 Å². The summed E-state index contributed by atoms with van der Waals surface area (Å²) in [7, 11) is 0. The summed E-state index contributed by atoms with van der Waals surface area (Å²) in [4.78, 5) is 26.7. The lowest BCUT2D eigenvalue weighted by Crippen LogP contribution is -2.53. The number of hydrogen-bond acceptors (Lipinski definition) is 3. The molecule has 2 N–H and O–H groups in total. The molecule has 0 spiro atoms. The molecular weight excluding hydrogens is 260 g/mol. The molecule has 0 bridgehead atoms. The first kappa shape index (κ1) is 16.8. The fraction of sp³-hybridized carbons (Fsp3) is 0.857. The van der Waals surface area contributed by atoms with Crippen molar-refractivity contribution in [3.05, 3.63) is 0 Å². The van der Waals surface area contributed by atoms with Crippen molar-refractivity contribution >= 4 is 12.0 Å². The third kappa shape index (κ3) is 4.67. The Morgan fingerprint density at radius 2 is 2.05 bits per heavy atom. The van der Waals surface area contributed by atoms with Gasteiger partial charge in [-0.15, -0.1) is 0 Å². The average Bonchev–Trinajstić information content (AvgIpc) is 2.41. The van der Waals surface area contributed by atoms with Crippen LogP contribution in [0, 0.1) is 0 Å². The molecule has 1 fully saturated rings. The SMILES string of the molecule is CC(C)N(CCO)C(=O)N1CCCCC1CCC(=O)O. The topological polar surface area (TPSA) is 81.1 Å². The van der Waals surface area contributed by atoms with Crippen molar-refractivity contribution in [1.29, 1.82) is 0 Å².